The molecule has 3 nitrogen and oxygen atoms in total. The number of hydrogen-bond donors (Lipinski definition) is 1. The molecule has 96 valence electrons. The summed E-state index contributed by atoms with van der Waals surface area (Å²) >= 11 is 7.56. The second kappa shape index (κ2) is 5.16. The number of aromatic nitrogens is 1. The predicted octanol–water partition coefficient (Wildman–Crippen LogP) is 3.85. The second-order valence-corrected chi connectivity index (χ2v) is 5.59. The maximum absolute atomic E-state index is 6.03. The van der Waals surface area contributed by atoms with Crippen molar-refractivity contribution >= 4 is 28.1 Å². The molecule has 1 heterocycles. The smallest absolute Gasteiger partial charge is 0.180 e. The highest BCUT2D eigenvalue weighted by molar-refractivity contribution is 7.15. The van der Waals surface area contributed by atoms with Gasteiger partial charge in [0, 0.05) is 10.8 Å². The van der Waals surface area contributed by atoms with Gasteiger partial charge in [-0.3, -0.25) is 0 Å². The highest BCUT2D eigenvalue weighted by Gasteiger charge is 2.16. The summed E-state index contributed by atoms with van der Waals surface area (Å²) in [4.78, 5) is 5.43. The van der Waals surface area contributed by atoms with Crippen molar-refractivity contribution in [3.63, 3.8) is 0 Å². The van der Waals surface area contributed by atoms with Gasteiger partial charge in [-0.15, -0.1) is 11.3 Å². The Balaban J connectivity index is 2.39. The quantitative estimate of drug-likeness (QED) is 0.930. The van der Waals surface area contributed by atoms with Crippen LogP contribution in [-0.4, -0.2) is 12.1 Å². The van der Waals surface area contributed by atoms with Crippen LogP contribution in [0.4, 0.5) is 5.13 Å². The van der Waals surface area contributed by atoms with E-state index < -0.39 is 0 Å². The van der Waals surface area contributed by atoms with E-state index in [1.807, 2.05) is 25.1 Å². The van der Waals surface area contributed by atoms with Crippen molar-refractivity contribution in [1.29, 1.82) is 0 Å². The summed E-state index contributed by atoms with van der Waals surface area (Å²) < 4.78 is 5.24. The third-order valence-electron chi connectivity index (χ3n) is 2.92. The number of nitrogens with zero attached hydrogens (tertiary/aromatic N) is 1. The molecular weight excluding hydrogens is 268 g/mol. The Morgan fingerprint density at radius 1 is 1.44 bits per heavy atom. The van der Waals surface area contributed by atoms with Crippen LogP contribution in [0.3, 0.4) is 0 Å². The fraction of sp³-hybridized carbons (Fsp3) is 0.308. The number of thiazole rings is 1. The molecule has 0 aliphatic rings. The first-order valence-electron chi connectivity index (χ1n) is 5.59. The molecule has 18 heavy (non-hydrogen) atoms. The van der Waals surface area contributed by atoms with E-state index in [0.717, 1.165) is 11.3 Å². The second-order valence-electron chi connectivity index (χ2n) is 4.12. The van der Waals surface area contributed by atoms with Crippen LogP contribution in [0, 0.1) is 6.92 Å². The highest BCUT2D eigenvalue weighted by Crippen LogP contribution is 2.35. The Bertz CT molecular complexity index is 568. The molecule has 0 amide bonds. The van der Waals surface area contributed by atoms with E-state index >= 15 is 0 Å². The summed E-state index contributed by atoms with van der Waals surface area (Å²) in [6.07, 6.45) is 0. The van der Waals surface area contributed by atoms with Gasteiger partial charge in [-0.25, -0.2) is 4.98 Å². The van der Waals surface area contributed by atoms with Crippen molar-refractivity contribution in [2.45, 2.75) is 19.8 Å². The van der Waals surface area contributed by atoms with E-state index in [1.165, 1.54) is 16.2 Å². The van der Waals surface area contributed by atoms with Crippen molar-refractivity contribution in [3.05, 3.63) is 39.4 Å². The number of aryl methyl sites for hydroxylation is 1. The van der Waals surface area contributed by atoms with Gasteiger partial charge in [-0.2, -0.15) is 0 Å². The normalized spacial score (nSPS) is 12.4. The van der Waals surface area contributed by atoms with Crippen LogP contribution in [0.25, 0.3) is 0 Å². The van der Waals surface area contributed by atoms with Crippen LogP contribution in [0.1, 0.15) is 29.0 Å². The zero-order chi connectivity index (χ0) is 13.3. The highest BCUT2D eigenvalue weighted by atomic mass is 35.5. The minimum absolute atomic E-state index is 0.228. The van der Waals surface area contributed by atoms with Gasteiger partial charge in [-0.1, -0.05) is 24.6 Å². The van der Waals surface area contributed by atoms with Crippen molar-refractivity contribution in [2.75, 3.05) is 12.8 Å². The van der Waals surface area contributed by atoms with Gasteiger partial charge in [0.25, 0.3) is 0 Å². The average molecular weight is 283 g/mol. The average Bonchev–Trinajstić information content (AvgIpc) is 2.68. The van der Waals surface area contributed by atoms with Gasteiger partial charge in [0.05, 0.1) is 17.8 Å². The zero-order valence-electron chi connectivity index (χ0n) is 10.5. The van der Waals surface area contributed by atoms with Gasteiger partial charge in [0.1, 0.15) is 5.75 Å². The lowest BCUT2D eigenvalue weighted by atomic mass is 9.98. The summed E-state index contributed by atoms with van der Waals surface area (Å²) in [5, 5.41) is 1.23. The molecule has 2 N–H and O–H groups in total. The van der Waals surface area contributed by atoms with Crippen LogP contribution >= 0.6 is 22.9 Å². The summed E-state index contributed by atoms with van der Waals surface area (Å²) in [5.74, 6) is 0.919. The van der Waals surface area contributed by atoms with Crippen molar-refractivity contribution in [1.82, 2.24) is 4.98 Å². The number of ether oxygens (including phenoxy) is 1. The Labute approximate surface area is 116 Å². The number of rotatable bonds is 3. The molecule has 1 aromatic carbocycles. The van der Waals surface area contributed by atoms with E-state index in [9.17, 15) is 0 Å². The van der Waals surface area contributed by atoms with Crippen LogP contribution < -0.4 is 10.5 Å². The molecule has 0 saturated carbocycles. The van der Waals surface area contributed by atoms with E-state index in [0.29, 0.717) is 15.9 Å². The van der Waals surface area contributed by atoms with Gasteiger partial charge in [-0.05, 0) is 24.6 Å². The van der Waals surface area contributed by atoms with Gasteiger partial charge < -0.3 is 10.5 Å². The SMILES string of the molecule is COc1cc(C(C)c2sc(N)nc2C)ccc1Cl. The molecule has 1 atom stereocenters. The van der Waals surface area contributed by atoms with E-state index in [-0.39, 0.29) is 5.92 Å². The molecule has 0 radical (unpaired) electrons. The molecule has 0 aliphatic heterocycles. The monoisotopic (exact) mass is 282 g/mol. The third-order valence-corrected chi connectivity index (χ3v) is 4.40. The van der Waals surface area contributed by atoms with Crippen molar-refractivity contribution < 1.29 is 4.74 Å². The number of nitrogens with two attached hydrogens (primary N) is 1. The van der Waals surface area contributed by atoms with E-state index in [2.05, 4.69) is 11.9 Å². The van der Waals surface area contributed by atoms with Gasteiger partial charge >= 0.3 is 0 Å². The largest absolute Gasteiger partial charge is 0.495 e. The van der Waals surface area contributed by atoms with Crippen LogP contribution in [0.5, 0.6) is 5.75 Å². The summed E-state index contributed by atoms with van der Waals surface area (Å²) in [7, 11) is 1.62. The van der Waals surface area contributed by atoms with Crippen LogP contribution in [-0.2, 0) is 0 Å². The predicted molar refractivity (Wildman–Crippen MR) is 76.8 cm³/mol. The zero-order valence-corrected chi connectivity index (χ0v) is 12.1. The first kappa shape index (κ1) is 13.2. The molecule has 0 bridgehead atoms. The fourth-order valence-electron chi connectivity index (χ4n) is 1.93. The maximum atomic E-state index is 6.03. The van der Waals surface area contributed by atoms with E-state index in [1.54, 1.807) is 7.11 Å². The maximum Gasteiger partial charge on any atom is 0.180 e. The Hall–Kier alpha value is -1.26. The number of nitrogen functional groups attached to an aromatic ring is 1. The van der Waals surface area contributed by atoms with Gasteiger partial charge in [0.2, 0.25) is 0 Å². The van der Waals surface area contributed by atoms with Gasteiger partial charge in [0.15, 0.2) is 5.13 Å². The fourth-order valence-corrected chi connectivity index (χ4v) is 3.04. The molecule has 0 fully saturated rings. The Morgan fingerprint density at radius 3 is 2.72 bits per heavy atom. The molecular formula is C13H15ClN2OS. The molecule has 1 unspecified atom stereocenters. The minimum Gasteiger partial charge on any atom is -0.495 e. The lowest BCUT2D eigenvalue weighted by molar-refractivity contribution is 0.414. The molecule has 0 spiro atoms. The lowest BCUT2D eigenvalue weighted by Crippen LogP contribution is -1.97. The Morgan fingerprint density at radius 2 is 2.17 bits per heavy atom. The number of hydrogen-bond acceptors (Lipinski definition) is 4. The van der Waals surface area contributed by atoms with E-state index in [4.69, 9.17) is 22.1 Å². The Kier molecular flexibility index (Phi) is 3.78. The molecule has 2 aromatic rings. The first-order chi connectivity index (χ1) is 8.52. The van der Waals surface area contributed by atoms with Crippen LogP contribution in [0.15, 0.2) is 18.2 Å². The lowest BCUT2D eigenvalue weighted by Gasteiger charge is -2.12. The summed E-state index contributed by atoms with van der Waals surface area (Å²) in [6.45, 7) is 4.11. The first-order valence-corrected chi connectivity index (χ1v) is 6.78. The standard InChI is InChI=1S/C13H15ClN2OS/c1-7(12-8(2)16-13(15)18-12)9-4-5-10(14)11(6-9)17-3/h4-7H,1-3H3,(H2,15,16). The summed E-state index contributed by atoms with van der Waals surface area (Å²) in [6, 6.07) is 5.82. The summed E-state index contributed by atoms with van der Waals surface area (Å²) in [5.41, 5.74) is 7.86. The van der Waals surface area contributed by atoms with Crippen LogP contribution in [0.2, 0.25) is 5.02 Å². The third kappa shape index (κ3) is 2.44. The molecule has 0 aliphatic carbocycles. The number of benzene rings is 1. The molecule has 2 rings (SSSR count). The molecule has 1 aromatic heterocycles. The van der Waals surface area contributed by atoms with Crippen molar-refractivity contribution in [2.24, 2.45) is 0 Å². The molecule has 5 heteroatoms. The number of methoxy groups -OCH3 is 1. The minimum atomic E-state index is 0.228. The number of halogens is 1. The molecule has 0 saturated heterocycles. The topological polar surface area (TPSA) is 48.1 Å². The van der Waals surface area contributed by atoms with Crippen molar-refractivity contribution in [3.8, 4) is 5.75 Å². The number of anilines is 1.